The molecule has 0 aliphatic rings. The Balaban J connectivity index is 3.02. The van der Waals surface area contributed by atoms with Crippen LogP contribution in [0.1, 0.15) is 57.6 Å². The van der Waals surface area contributed by atoms with E-state index in [1.807, 2.05) is 0 Å². The first kappa shape index (κ1) is 16.3. The molecule has 1 N–H and O–H groups in total. The fourth-order valence-corrected chi connectivity index (χ4v) is 1.99. The molecule has 0 saturated heterocycles. The van der Waals surface area contributed by atoms with Crippen LogP contribution in [0.15, 0.2) is 29.8 Å². The number of para-hydroxylation sites is 1. The van der Waals surface area contributed by atoms with Crippen LogP contribution in [0.3, 0.4) is 0 Å². The molecular formula is C17H24O3. The van der Waals surface area contributed by atoms with E-state index in [4.69, 9.17) is 9.84 Å². The van der Waals surface area contributed by atoms with Crippen LogP contribution in [0.4, 0.5) is 0 Å². The monoisotopic (exact) mass is 276 g/mol. The highest BCUT2D eigenvalue weighted by atomic mass is 16.5. The Labute approximate surface area is 121 Å². The van der Waals surface area contributed by atoms with E-state index in [1.54, 1.807) is 13.0 Å². The minimum absolute atomic E-state index is 0.279. The van der Waals surface area contributed by atoms with Gasteiger partial charge in [0.05, 0.1) is 0 Å². The number of aliphatic carboxylic acids is 1. The molecule has 0 unspecified atom stereocenters. The number of carboxylic acid groups (broad SMARTS) is 1. The first-order chi connectivity index (χ1) is 9.34. The van der Waals surface area contributed by atoms with Gasteiger partial charge in [-0.05, 0) is 36.0 Å². The Hall–Kier alpha value is -1.77. The highest BCUT2D eigenvalue weighted by Crippen LogP contribution is 2.34. The van der Waals surface area contributed by atoms with Crippen molar-refractivity contribution >= 4 is 5.97 Å². The summed E-state index contributed by atoms with van der Waals surface area (Å²) >= 11 is 0. The molecule has 3 heteroatoms. The van der Waals surface area contributed by atoms with E-state index >= 15 is 0 Å². The van der Waals surface area contributed by atoms with Gasteiger partial charge < -0.3 is 9.84 Å². The van der Waals surface area contributed by atoms with Crippen molar-refractivity contribution in [1.29, 1.82) is 0 Å². The SMILES string of the molecule is CC(=CCOc1c(C(C)C)cccc1C(C)C)C(=O)O. The van der Waals surface area contributed by atoms with E-state index in [0.29, 0.717) is 17.4 Å². The fourth-order valence-electron chi connectivity index (χ4n) is 1.99. The van der Waals surface area contributed by atoms with Crippen LogP contribution >= 0.6 is 0 Å². The summed E-state index contributed by atoms with van der Waals surface area (Å²) < 4.78 is 5.87. The summed E-state index contributed by atoms with van der Waals surface area (Å²) in [5.74, 6) is 0.725. The predicted molar refractivity (Wildman–Crippen MR) is 81.5 cm³/mol. The first-order valence-corrected chi connectivity index (χ1v) is 7.00. The van der Waals surface area contributed by atoms with E-state index in [0.717, 1.165) is 16.9 Å². The van der Waals surface area contributed by atoms with Crippen molar-refractivity contribution < 1.29 is 14.6 Å². The molecular weight excluding hydrogens is 252 g/mol. The Bertz CT molecular complexity index is 473. The van der Waals surface area contributed by atoms with Gasteiger partial charge in [0.25, 0.3) is 0 Å². The number of hydrogen-bond acceptors (Lipinski definition) is 2. The second kappa shape index (κ2) is 7.13. The lowest BCUT2D eigenvalue weighted by Gasteiger charge is -2.19. The Kier molecular flexibility index (Phi) is 5.81. The van der Waals surface area contributed by atoms with Gasteiger partial charge in [-0.3, -0.25) is 0 Å². The summed E-state index contributed by atoms with van der Waals surface area (Å²) in [5, 5.41) is 8.84. The highest BCUT2D eigenvalue weighted by molar-refractivity contribution is 5.85. The van der Waals surface area contributed by atoms with Gasteiger partial charge in [-0.1, -0.05) is 45.9 Å². The van der Waals surface area contributed by atoms with Crippen molar-refractivity contribution in [3.05, 3.63) is 41.0 Å². The molecule has 0 fully saturated rings. The number of carbonyl (C=O) groups is 1. The van der Waals surface area contributed by atoms with Crippen LogP contribution in [0.25, 0.3) is 0 Å². The van der Waals surface area contributed by atoms with E-state index in [-0.39, 0.29) is 6.61 Å². The molecule has 0 aromatic heterocycles. The van der Waals surface area contributed by atoms with Gasteiger partial charge in [-0.2, -0.15) is 0 Å². The van der Waals surface area contributed by atoms with Crippen LogP contribution < -0.4 is 4.74 Å². The van der Waals surface area contributed by atoms with Crippen LogP contribution in [-0.4, -0.2) is 17.7 Å². The fraction of sp³-hybridized carbons (Fsp3) is 0.471. The van der Waals surface area contributed by atoms with Crippen molar-refractivity contribution in [2.24, 2.45) is 0 Å². The first-order valence-electron chi connectivity index (χ1n) is 7.00. The molecule has 1 rings (SSSR count). The summed E-state index contributed by atoms with van der Waals surface area (Å²) in [6, 6.07) is 6.19. The molecule has 1 aromatic rings. The molecule has 0 bridgehead atoms. The van der Waals surface area contributed by atoms with Gasteiger partial charge in [0.2, 0.25) is 0 Å². The van der Waals surface area contributed by atoms with Crippen molar-refractivity contribution in [3.63, 3.8) is 0 Å². The van der Waals surface area contributed by atoms with Crippen molar-refractivity contribution in [1.82, 2.24) is 0 Å². The van der Waals surface area contributed by atoms with Gasteiger partial charge in [0, 0.05) is 5.57 Å². The molecule has 110 valence electrons. The number of hydrogen-bond donors (Lipinski definition) is 1. The van der Waals surface area contributed by atoms with E-state index < -0.39 is 5.97 Å². The standard InChI is InChI=1S/C17H24O3/c1-11(2)14-7-6-8-15(12(3)4)16(14)20-10-9-13(5)17(18)19/h6-9,11-12H,10H2,1-5H3,(H,18,19). The molecule has 20 heavy (non-hydrogen) atoms. The largest absolute Gasteiger partial charge is 0.489 e. The van der Waals surface area contributed by atoms with E-state index in [9.17, 15) is 4.79 Å². The molecule has 3 nitrogen and oxygen atoms in total. The van der Waals surface area contributed by atoms with Gasteiger partial charge in [0.1, 0.15) is 12.4 Å². The summed E-state index contributed by atoms with van der Waals surface area (Å²) in [6.07, 6.45) is 1.60. The zero-order valence-corrected chi connectivity index (χ0v) is 12.9. The van der Waals surface area contributed by atoms with Gasteiger partial charge >= 0.3 is 5.97 Å². The lowest BCUT2D eigenvalue weighted by Crippen LogP contribution is -2.06. The average molecular weight is 276 g/mol. The third-order valence-corrected chi connectivity index (χ3v) is 3.27. The molecule has 0 aliphatic carbocycles. The van der Waals surface area contributed by atoms with Crippen LogP contribution in [-0.2, 0) is 4.79 Å². The van der Waals surface area contributed by atoms with E-state index in [1.165, 1.54) is 0 Å². The number of rotatable bonds is 6. The molecule has 0 heterocycles. The lowest BCUT2D eigenvalue weighted by molar-refractivity contribution is -0.132. The van der Waals surface area contributed by atoms with E-state index in [2.05, 4.69) is 45.9 Å². The molecule has 0 saturated carbocycles. The highest BCUT2D eigenvalue weighted by Gasteiger charge is 2.14. The van der Waals surface area contributed by atoms with Crippen LogP contribution in [0.2, 0.25) is 0 Å². The van der Waals surface area contributed by atoms with Crippen molar-refractivity contribution in [2.75, 3.05) is 6.61 Å². The lowest BCUT2D eigenvalue weighted by atomic mass is 9.94. The van der Waals surface area contributed by atoms with Crippen molar-refractivity contribution in [3.8, 4) is 5.75 Å². The minimum Gasteiger partial charge on any atom is -0.489 e. The average Bonchev–Trinajstić information content (AvgIpc) is 2.37. The Morgan fingerprint density at radius 1 is 1.20 bits per heavy atom. The number of carboxylic acids is 1. The molecule has 0 aliphatic heterocycles. The third kappa shape index (κ3) is 4.12. The maximum absolute atomic E-state index is 10.8. The maximum Gasteiger partial charge on any atom is 0.331 e. The minimum atomic E-state index is -0.908. The second-order valence-corrected chi connectivity index (χ2v) is 5.58. The molecule has 0 spiro atoms. The summed E-state index contributed by atoms with van der Waals surface area (Å²) in [7, 11) is 0. The summed E-state index contributed by atoms with van der Waals surface area (Å²) in [5.41, 5.74) is 2.63. The molecule has 1 aromatic carbocycles. The predicted octanol–water partition coefficient (Wildman–Crippen LogP) is 4.34. The van der Waals surface area contributed by atoms with Gasteiger partial charge in [-0.25, -0.2) is 4.79 Å². The molecule has 0 radical (unpaired) electrons. The molecule has 0 amide bonds. The van der Waals surface area contributed by atoms with Gasteiger partial charge in [-0.15, -0.1) is 0 Å². The Morgan fingerprint density at radius 3 is 2.10 bits per heavy atom. The van der Waals surface area contributed by atoms with Crippen LogP contribution in [0, 0.1) is 0 Å². The number of benzene rings is 1. The summed E-state index contributed by atoms with van der Waals surface area (Å²) in [4.78, 5) is 10.8. The second-order valence-electron chi connectivity index (χ2n) is 5.58. The van der Waals surface area contributed by atoms with Crippen molar-refractivity contribution in [2.45, 2.75) is 46.5 Å². The molecule has 0 atom stereocenters. The smallest absolute Gasteiger partial charge is 0.331 e. The topological polar surface area (TPSA) is 46.5 Å². The zero-order valence-electron chi connectivity index (χ0n) is 12.9. The zero-order chi connectivity index (χ0) is 15.3. The maximum atomic E-state index is 10.8. The summed E-state index contributed by atoms with van der Waals surface area (Å²) in [6.45, 7) is 10.4. The Morgan fingerprint density at radius 2 is 1.70 bits per heavy atom. The quantitative estimate of drug-likeness (QED) is 0.786. The van der Waals surface area contributed by atoms with Crippen LogP contribution in [0.5, 0.6) is 5.75 Å². The number of ether oxygens (including phenoxy) is 1. The normalized spacial score (nSPS) is 12.1. The third-order valence-electron chi connectivity index (χ3n) is 3.27. The van der Waals surface area contributed by atoms with Gasteiger partial charge in [0.15, 0.2) is 0 Å².